The summed E-state index contributed by atoms with van der Waals surface area (Å²) in [5.41, 5.74) is 37.5. The average molecular weight is 1760 g/mol. The molecule has 0 saturated carbocycles. The number of benzene rings is 24. The van der Waals surface area contributed by atoms with Crippen molar-refractivity contribution in [3.63, 3.8) is 0 Å². The zero-order chi connectivity index (χ0) is 91.6. The number of hydrogen-bond donors (Lipinski definition) is 0. The Bertz CT molecular complexity index is 9360. The molecule has 0 bridgehead atoms. The molecular weight excluding hydrogens is 1670 g/mol. The van der Waals surface area contributed by atoms with Gasteiger partial charge in [0.15, 0.2) is 0 Å². The van der Waals surface area contributed by atoms with Gasteiger partial charge < -0.3 is 0 Å². The lowest BCUT2D eigenvalue weighted by Crippen LogP contribution is -2.16. The van der Waals surface area contributed by atoms with E-state index < -0.39 is 0 Å². The van der Waals surface area contributed by atoms with E-state index in [0.29, 0.717) is 0 Å². The van der Waals surface area contributed by atoms with Crippen molar-refractivity contribution in [2.45, 2.75) is 77.0 Å². The number of rotatable bonds is 6. The number of fused-ring (bicyclic) bond motifs is 26. The SMILES string of the molecule is CC1(C)c2cc3ccccc3cc2-c2cccc(-c3c4ccccc4c(-c4ccc5sc6ccccc6c5c4)c4ccccc34)c21.CC1(C)c2cc3ccccc3cc2-c2cccc(-c3c4ccccc4c(-c4ccccc4)c4ccccc34)c21.CC1(C)c2ccccc2-c2c1cc(-c1c3ccccc3c(-c3cccc4c3C(C)(C)c3cc5ccccc5cc3-4)c3ccccc13)c1ccccc21. The topological polar surface area (TPSA) is 0 Å². The van der Waals surface area contributed by atoms with E-state index in [2.05, 4.69) is 492 Å². The van der Waals surface area contributed by atoms with Crippen LogP contribution in [0.25, 0.3) is 239 Å². The molecule has 0 atom stereocenters. The summed E-state index contributed by atoms with van der Waals surface area (Å²) in [5.74, 6) is 0. The van der Waals surface area contributed by atoms with Crippen molar-refractivity contribution >= 4 is 139 Å². The molecule has 0 nitrogen and oxygen atoms in total. The maximum atomic E-state index is 2.54. The van der Waals surface area contributed by atoms with Gasteiger partial charge in [-0.25, -0.2) is 0 Å². The molecule has 646 valence electrons. The largest absolute Gasteiger partial charge is 0.135 e. The van der Waals surface area contributed by atoms with Crippen LogP contribution in [0, 0.1) is 0 Å². The molecule has 0 fully saturated rings. The van der Waals surface area contributed by atoms with Gasteiger partial charge in [-0.3, -0.25) is 0 Å². The Hall–Kier alpha value is -15.9. The summed E-state index contributed by atoms with van der Waals surface area (Å²) in [6.45, 7) is 19.3. The van der Waals surface area contributed by atoms with Crippen molar-refractivity contribution in [1.82, 2.24) is 0 Å². The van der Waals surface area contributed by atoms with Crippen LogP contribution in [-0.4, -0.2) is 0 Å². The summed E-state index contributed by atoms with van der Waals surface area (Å²) in [6.07, 6.45) is 0. The summed E-state index contributed by atoms with van der Waals surface area (Å²) >= 11 is 1.88. The van der Waals surface area contributed by atoms with Gasteiger partial charge in [0.25, 0.3) is 0 Å². The van der Waals surface area contributed by atoms with Crippen molar-refractivity contribution in [3.8, 4) is 111 Å². The van der Waals surface area contributed by atoms with Gasteiger partial charge in [-0.1, -0.05) is 432 Å². The van der Waals surface area contributed by atoms with Gasteiger partial charge in [0, 0.05) is 41.8 Å². The lowest BCUT2D eigenvalue weighted by Gasteiger charge is -2.27. The second kappa shape index (κ2) is 30.3. The van der Waals surface area contributed by atoms with Crippen LogP contribution in [0.15, 0.2) is 437 Å². The highest BCUT2D eigenvalue weighted by Crippen LogP contribution is 2.62. The van der Waals surface area contributed by atoms with E-state index in [1.807, 2.05) is 11.3 Å². The maximum absolute atomic E-state index is 2.54. The van der Waals surface area contributed by atoms with E-state index in [1.54, 1.807) is 0 Å². The Morgan fingerprint density at radius 2 is 0.416 bits per heavy atom. The summed E-state index contributed by atoms with van der Waals surface area (Å²) in [5, 5.41) is 28.7. The third-order valence-electron chi connectivity index (χ3n) is 31.8. The first-order chi connectivity index (χ1) is 67.0. The van der Waals surface area contributed by atoms with Crippen LogP contribution in [0.2, 0.25) is 0 Å². The lowest BCUT2D eigenvalue weighted by molar-refractivity contribution is 0.661. The van der Waals surface area contributed by atoms with Crippen LogP contribution < -0.4 is 0 Å². The second-order valence-corrected chi connectivity index (χ2v) is 41.6. The highest BCUT2D eigenvalue weighted by molar-refractivity contribution is 7.25. The van der Waals surface area contributed by atoms with Gasteiger partial charge >= 0.3 is 0 Å². The van der Waals surface area contributed by atoms with Crippen molar-refractivity contribution in [1.29, 1.82) is 0 Å². The summed E-state index contributed by atoms with van der Waals surface area (Å²) < 4.78 is 2.68. The molecule has 4 aliphatic rings. The molecule has 0 saturated heterocycles. The van der Waals surface area contributed by atoms with E-state index in [9.17, 15) is 0 Å². The Balaban J connectivity index is 0.000000105. The monoisotopic (exact) mass is 1760 g/mol. The van der Waals surface area contributed by atoms with Crippen molar-refractivity contribution in [2.24, 2.45) is 0 Å². The summed E-state index contributed by atoms with van der Waals surface area (Å²) in [6, 6.07) is 163. The minimum absolute atomic E-state index is 0.105. The smallest absolute Gasteiger partial charge is 0.0355 e. The molecule has 0 unspecified atom stereocenters. The predicted molar refractivity (Wildman–Crippen MR) is 590 cm³/mol. The molecular formula is C136H96S. The van der Waals surface area contributed by atoms with E-state index >= 15 is 0 Å². The van der Waals surface area contributed by atoms with Gasteiger partial charge in [0.2, 0.25) is 0 Å². The van der Waals surface area contributed by atoms with E-state index in [0.717, 1.165) is 0 Å². The molecule has 1 heteroatoms. The van der Waals surface area contributed by atoms with Gasteiger partial charge in [-0.15, -0.1) is 11.3 Å². The minimum Gasteiger partial charge on any atom is -0.135 e. The maximum Gasteiger partial charge on any atom is 0.0355 e. The zero-order valence-corrected chi connectivity index (χ0v) is 78.8. The Morgan fingerprint density at radius 3 is 0.803 bits per heavy atom. The van der Waals surface area contributed by atoms with Gasteiger partial charge in [0.05, 0.1) is 0 Å². The Kier molecular flexibility index (Phi) is 17.9. The fourth-order valence-corrected chi connectivity index (χ4v) is 26.8. The van der Waals surface area contributed by atoms with Crippen LogP contribution >= 0.6 is 11.3 Å². The zero-order valence-electron chi connectivity index (χ0n) is 78.0. The van der Waals surface area contributed by atoms with Crippen molar-refractivity contribution < 1.29 is 0 Å². The standard InChI is InChI=1S/C52H38.C45H30S.C39H28/c1-51(2)44-27-14-13-24-40(44)49-34-19-8-7-18-33(34)43(30-46(49)51)48-37-22-11-9-20-35(37)47(36-21-10-12-23-38(36)48)41-26-15-25-39-42-28-31-16-5-6-17-32(31)29-45(42)52(3,4)50(39)41;1-45(2)39-26-28-13-4-3-12-27(28)24-37(39)35-19-11-20-36(44(35)45)43-33-17-7-5-15-31(33)42(32-16-6-8-18-34(32)43)29-22-23-41-38(25-29)30-14-9-10-21-40(30)46-41;1-39(2)35-24-27-16-7-6-15-26(27)23-34(35)32-21-12-22-33(38(32)39)37-30-19-10-8-17-28(30)36(25-13-4-3-5-14-25)29-18-9-11-20-31(29)37/h5-30H,1-4H3;3-26H,1-2H3;3-24H,1-2H3. The number of thiophene rings is 1. The second-order valence-electron chi connectivity index (χ2n) is 40.6. The quantitative estimate of drug-likeness (QED) is 0.146. The van der Waals surface area contributed by atoms with Crippen molar-refractivity contribution in [2.75, 3.05) is 0 Å². The van der Waals surface area contributed by atoms with Gasteiger partial charge in [-0.05, 0) is 324 Å². The normalized spacial score (nSPS) is 14.1. The fourth-order valence-electron chi connectivity index (χ4n) is 25.7. The van der Waals surface area contributed by atoms with Crippen molar-refractivity contribution in [3.05, 3.63) is 481 Å². The van der Waals surface area contributed by atoms with Crippen LogP contribution in [0.4, 0.5) is 0 Å². The predicted octanol–water partition coefficient (Wildman–Crippen LogP) is 38.2. The van der Waals surface area contributed by atoms with Crippen LogP contribution in [0.3, 0.4) is 0 Å². The minimum atomic E-state index is -0.164. The summed E-state index contributed by atoms with van der Waals surface area (Å²) in [7, 11) is 0. The van der Waals surface area contributed by atoms with Gasteiger partial charge in [-0.2, -0.15) is 0 Å². The van der Waals surface area contributed by atoms with E-state index in [-0.39, 0.29) is 21.7 Å². The fraction of sp³-hybridized carbons (Fsp3) is 0.0882. The first kappa shape index (κ1) is 80.7. The van der Waals surface area contributed by atoms with Crippen LogP contribution in [-0.2, 0) is 21.7 Å². The van der Waals surface area contributed by atoms with E-state index in [4.69, 9.17) is 0 Å². The molecule has 4 aliphatic carbocycles. The highest BCUT2D eigenvalue weighted by atomic mass is 32.1. The molecule has 0 spiro atoms. The molecule has 0 radical (unpaired) electrons. The Morgan fingerprint density at radius 1 is 0.139 bits per heavy atom. The Labute approximate surface area is 802 Å². The molecule has 0 amide bonds. The molecule has 25 aromatic rings. The molecule has 1 aromatic heterocycles. The molecule has 24 aromatic carbocycles. The summed E-state index contributed by atoms with van der Waals surface area (Å²) in [4.78, 5) is 0. The lowest BCUT2D eigenvalue weighted by atomic mass is 9.76. The third kappa shape index (κ3) is 11.9. The molecule has 0 N–H and O–H groups in total. The van der Waals surface area contributed by atoms with Gasteiger partial charge in [0.1, 0.15) is 0 Å². The highest BCUT2D eigenvalue weighted by Gasteiger charge is 2.44. The van der Waals surface area contributed by atoms with Crippen LogP contribution in [0.5, 0.6) is 0 Å². The van der Waals surface area contributed by atoms with E-state index in [1.165, 1.54) is 284 Å². The average Bonchev–Trinajstić information content (AvgIpc) is 1.62. The molecule has 29 rings (SSSR count). The first-order valence-corrected chi connectivity index (χ1v) is 49.3. The first-order valence-electron chi connectivity index (χ1n) is 48.5. The molecule has 137 heavy (non-hydrogen) atoms. The number of hydrogen-bond acceptors (Lipinski definition) is 1. The molecule has 0 aliphatic heterocycles. The molecule has 1 heterocycles. The third-order valence-corrected chi connectivity index (χ3v) is 33.0. The van der Waals surface area contributed by atoms with Crippen LogP contribution in [0.1, 0.15) is 99.9 Å².